The average Bonchev–Trinajstić information content (AvgIpc) is 2.05. The molecule has 2 N–H and O–H groups in total. The Morgan fingerprint density at radius 1 is 1.17 bits per heavy atom. The summed E-state index contributed by atoms with van der Waals surface area (Å²) in [5.74, 6) is 0. The molecular weight excluding hydrogens is 150 g/mol. The minimum absolute atomic E-state index is 0.0376. The summed E-state index contributed by atoms with van der Waals surface area (Å²) in [4.78, 5) is 0. The quantitative estimate of drug-likeness (QED) is 0.575. The van der Waals surface area contributed by atoms with Crippen molar-refractivity contribution in [2.75, 3.05) is 6.54 Å². The van der Waals surface area contributed by atoms with Crippen LogP contribution in [0.3, 0.4) is 0 Å². The largest absolute Gasteiger partial charge is 0.393 e. The number of aliphatic hydroxyl groups is 1. The number of hydrogen-bond acceptors (Lipinski definition) is 2. The highest BCUT2D eigenvalue weighted by Gasteiger charge is 2.35. The van der Waals surface area contributed by atoms with Gasteiger partial charge >= 0.3 is 0 Å². The van der Waals surface area contributed by atoms with Crippen LogP contribution in [0.5, 0.6) is 0 Å². The summed E-state index contributed by atoms with van der Waals surface area (Å²) in [5.41, 5.74) is 0.329. The van der Waals surface area contributed by atoms with Crippen LogP contribution in [0, 0.1) is 0 Å². The molecule has 0 aromatic carbocycles. The van der Waals surface area contributed by atoms with Crippen LogP contribution in [-0.4, -0.2) is 23.3 Å². The molecule has 0 radical (unpaired) electrons. The van der Waals surface area contributed by atoms with Gasteiger partial charge in [0.05, 0.1) is 6.10 Å². The van der Waals surface area contributed by atoms with Crippen LogP contribution in [0.1, 0.15) is 44.9 Å². The topological polar surface area (TPSA) is 32.3 Å². The Bertz CT molecular complexity index is 146. The second kappa shape index (κ2) is 3.35. The standard InChI is InChI=1S/C10H19NO/c12-9-4-7-11-10(8-9)5-2-1-3-6-10/h9,11-12H,1-8H2. The minimum atomic E-state index is -0.0376. The van der Waals surface area contributed by atoms with E-state index in [0.717, 1.165) is 19.4 Å². The van der Waals surface area contributed by atoms with Crippen molar-refractivity contribution in [3.8, 4) is 0 Å². The highest BCUT2D eigenvalue weighted by atomic mass is 16.3. The van der Waals surface area contributed by atoms with E-state index in [0.29, 0.717) is 5.54 Å². The van der Waals surface area contributed by atoms with E-state index >= 15 is 0 Å². The Morgan fingerprint density at radius 2 is 1.92 bits per heavy atom. The predicted octanol–water partition coefficient (Wildman–Crippen LogP) is 1.43. The predicted molar refractivity (Wildman–Crippen MR) is 49.1 cm³/mol. The normalized spacial score (nSPS) is 35.2. The van der Waals surface area contributed by atoms with Gasteiger partial charge in [-0.05, 0) is 32.2 Å². The SMILES string of the molecule is OC1CCNC2(CCCCC2)C1. The molecule has 1 spiro atoms. The van der Waals surface area contributed by atoms with Crippen molar-refractivity contribution in [1.29, 1.82) is 0 Å². The summed E-state index contributed by atoms with van der Waals surface area (Å²) in [6.07, 6.45) is 8.55. The van der Waals surface area contributed by atoms with Crippen molar-refractivity contribution in [3.63, 3.8) is 0 Å². The highest BCUT2D eigenvalue weighted by molar-refractivity contribution is 4.95. The second-order valence-corrected chi connectivity index (χ2v) is 4.41. The molecule has 1 unspecified atom stereocenters. The van der Waals surface area contributed by atoms with Crippen molar-refractivity contribution in [3.05, 3.63) is 0 Å². The van der Waals surface area contributed by atoms with E-state index in [1.807, 2.05) is 0 Å². The van der Waals surface area contributed by atoms with Gasteiger partial charge in [-0.1, -0.05) is 19.3 Å². The first-order chi connectivity index (χ1) is 5.81. The van der Waals surface area contributed by atoms with Crippen molar-refractivity contribution in [2.45, 2.75) is 56.6 Å². The number of hydrogen-bond donors (Lipinski definition) is 2. The van der Waals surface area contributed by atoms with Gasteiger partial charge in [-0.25, -0.2) is 0 Å². The van der Waals surface area contributed by atoms with E-state index in [4.69, 9.17) is 0 Å². The van der Waals surface area contributed by atoms with Crippen molar-refractivity contribution < 1.29 is 5.11 Å². The van der Waals surface area contributed by atoms with Gasteiger partial charge in [0.25, 0.3) is 0 Å². The summed E-state index contributed by atoms with van der Waals surface area (Å²) in [5, 5.41) is 13.2. The Balaban J connectivity index is 1.97. The van der Waals surface area contributed by atoms with Crippen LogP contribution in [-0.2, 0) is 0 Å². The van der Waals surface area contributed by atoms with Gasteiger partial charge in [0.2, 0.25) is 0 Å². The molecule has 0 aromatic rings. The maximum atomic E-state index is 9.59. The lowest BCUT2D eigenvalue weighted by atomic mass is 9.75. The molecule has 0 bridgehead atoms. The van der Waals surface area contributed by atoms with Crippen LogP contribution in [0.15, 0.2) is 0 Å². The van der Waals surface area contributed by atoms with Crippen LogP contribution >= 0.6 is 0 Å². The second-order valence-electron chi connectivity index (χ2n) is 4.41. The lowest BCUT2D eigenvalue weighted by molar-refractivity contribution is 0.0585. The third-order valence-electron chi connectivity index (χ3n) is 3.41. The smallest absolute Gasteiger partial charge is 0.0569 e. The molecule has 1 aliphatic heterocycles. The summed E-state index contributed by atoms with van der Waals surface area (Å²) in [7, 11) is 0. The van der Waals surface area contributed by atoms with E-state index in [9.17, 15) is 5.11 Å². The Kier molecular flexibility index (Phi) is 2.37. The molecule has 0 amide bonds. The number of nitrogens with one attached hydrogen (secondary N) is 1. The lowest BCUT2D eigenvalue weighted by Gasteiger charge is -2.43. The zero-order chi connectivity index (χ0) is 8.44. The molecule has 2 fully saturated rings. The van der Waals surface area contributed by atoms with Crippen molar-refractivity contribution >= 4 is 0 Å². The molecular formula is C10H19NO. The van der Waals surface area contributed by atoms with E-state index in [1.54, 1.807) is 0 Å². The summed E-state index contributed by atoms with van der Waals surface area (Å²) in [6.45, 7) is 1.02. The molecule has 0 aromatic heterocycles. The van der Waals surface area contributed by atoms with Crippen LogP contribution < -0.4 is 5.32 Å². The van der Waals surface area contributed by atoms with Gasteiger partial charge in [0.15, 0.2) is 0 Å². The fourth-order valence-corrected chi connectivity index (χ4v) is 2.74. The van der Waals surface area contributed by atoms with Crippen LogP contribution in [0.4, 0.5) is 0 Å². The van der Waals surface area contributed by atoms with Gasteiger partial charge in [0, 0.05) is 5.54 Å². The van der Waals surface area contributed by atoms with Gasteiger partial charge in [-0.15, -0.1) is 0 Å². The molecule has 2 rings (SSSR count). The molecule has 2 heteroatoms. The minimum Gasteiger partial charge on any atom is -0.393 e. The molecule has 1 saturated heterocycles. The van der Waals surface area contributed by atoms with Crippen LogP contribution in [0.2, 0.25) is 0 Å². The van der Waals surface area contributed by atoms with Gasteiger partial charge < -0.3 is 10.4 Å². The van der Waals surface area contributed by atoms with E-state index in [1.165, 1.54) is 32.1 Å². The fraction of sp³-hybridized carbons (Fsp3) is 1.00. The zero-order valence-corrected chi connectivity index (χ0v) is 7.68. The fourth-order valence-electron chi connectivity index (χ4n) is 2.74. The third kappa shape index (κ3) is 1.64. The number of rotatable bonds is 0. The van der Waals surface area contributed by atoms with E-state index < -0.39 is 0 Å². The first-order valence-corrected chi connectivity index (χ1v) is 5.24. The summed E-state index contributed by atoms with van der Waals surface area (Å²) < 4.78 is 0. The van der Waals surface area contributed by atoms with Gasteiger partial charge in [-0.2, -0.15) is 0 Å². The average molecular weight is 169 g/mol. The van der Waals surface area contributed by atoms with Crippen LogP contribution in [0.25, 0.3) is 0 Å². The number of piperidine rings is 1. The maximum Gasteiger partial charge on any atom is 0.0569 e. The zero-order valence-electron chi connectivity index (χ0n) is 7.68. The molecule has 2 nitrogen and oxygen atoms in total. The lowest BCUT2D eigenvalue weighted by Crippen LogP contribution is -2.53. The monoisotopic (exact) mass is 169 g/mol. The molecule has 1 atom stereocenters. The summed E-state index contributed by atoms with van der Waals surface area (Å²) in [6, 6.07) is 0. The first kappa shape index (κ1) is 8.52. The number of aliphatic hydroxyl groups excluding tert-OH is 1. The first-order valence-electron chi connectivity index (χ1n) is 5.24. The molecule has 1 heterocycles. The van der Waals surface area contributed by atoms with E-state index in [2.05, 4.69) is 5.32 Å². The molecule has 70 valence electrons. The molecule has 2 aliphatic rings. The Hall–Kier alpha value is -0.0800. The highest BCUT2D eigenvalue weighted by Crippen LogP contribution is 2.34. The van der Waals surface area contributed by atoms with Gasteiger partial charge in [-0.3, -0.25) is 0 Å². The molecule has 1 saturated carbocycles. The molecule has 1 aliphatic carbocycles. The Morgan fingerprint density at radius 3 is 2.58 bits per heavy atom. The third-order valence-corrected chi connectivity index (χ3v) is 3.41. The Labute approximate surface area is 74.4 Å². The summed E-state index contributed by atoms with van der Waals surface area (Å²) >= 11 is 0. The van der Waals surface area contributed by atoms with E-state index in [-0.39, 0.29) is 6.10 Å². The van der Waals surface area contributed by atoms with Gasteiger partial charge in [0.1, 0.15) is 0 Å². The van der Waals surface area contributed by atoms with Crippen molar-refractivity contribution in [2.24, 2.45) is 0 Å². The van der Waals surface area contributed by atoms with Crippen molar-refractivity contribution in [1.82, 2.24) is 5.32 Å². The maximum absolute atomic E-state index is 9.59. The molecule has 12 heavy (non-hydrogen) atoms.